The van der Waals surface area contributed by atoms with Gasteiger partial charge in [-0.1, -0.05) is 64.1 Å². The lowest BCUT2D eigenvalue weighted by molar-refractivity contribution is -0.149. The smallest absolute Gasteiger partial charge is 0.379 e. The summed E-state index contributed by atoms with van der Waals surface area (Å²) in [5.74, 6) is 0.0144. The van der Waals surface area contributed by atoms with Crippen LogP contribution in [0.15, 0.2) is 30.8 Å². The van der Waals surface area contributed by atoms with E-state index < -0.39 is 11.8 Å². The van der Waals surface area contributed by atoms with Crippen molar-refractivity contribution in [2.75, 3.05) is 0 Å². The molecule has 0 heterocycles. The SMILES string of the molecule is C=Cc1ccc(C(=O)C(=O)O[C@@H]2C[C@H](C)CC[C@H]2C(C)C)cc1. The summed E-state index contributed by atoms with van der Waals surface area (Å²) in [5, 5.41) is 0. The van der Waals surface area contributed by atoms with Gasteiger partial charge < -0.3 is 4.74 Å². The number of rotatable bonds is 5. The fraction of sp³-hybridized carbons (Fsp3) is 0.500. The maximum absolute atomic E-state index is 12.3. The van der Waals surface area contributed by atoms with Crippen LogP contribution in [0.4, 0.5) is 0 Å². The molecule has 0 N–H and O–H groups in total. The molecule has 0 radical (unpaired) electrons. The number of hydrogen-bond acceptors (Lipinski definition) is 3. The standard InChI is InChI=1S/C20H26O3/c1-5-15-7-9-16(10-8-15)19(21)20(22)23-18-12-14(4)6-11-17(18)13(2)3/h5,7-10,13-14,17-18H,1,6,11-12H2,2-4H3/t14-,17+,18-/m1/s1. The predicted octanol–water partition coefficient (Wildman–Crippen LogP) is 4.52. The minimum absolute atomic E-state index is 0.150. The fourth-order valence-electron chi connectivity index (χ4n) is 3.33. The van der Waals surface area contributed by atoms with Crippen LogP contribution in [-0.4, -0.2) is 17.9 Å². The Balaban J connectivity index is 2.06. The number of esters is 1. The summed E-state index contributed by atoms with van der Waals surface area (Å²) < 4.78 is 5.60. The molecular formula is C20H26O3. The van der Waals surface area contributed by atoms with Gasteiger partial charge in [0.15, 0.2) is 0 Å². The van der Waals surface area contributed by atoms with Crippen molar-refractivity contribution in [2.24, 2.45) is 17.8 Å². The van der Waals surface area contributed by atoms with Crippen molar-refractivity contribution in [1.82, 2.24) is 0 Å². The molecule has 2 rings (SSSR count). The molecule has 1 aromatic rings. The molecule has 23 heavy (non-hydrogen) atoms. The molecule has 0 amide bonds. The van der Waals surface area contributed by atoms with Gasteiger partial charge in [-0.2, -0.15) is 0 Å². The average Bonchev–Trinajstić information content (AvgIpc) is 2.54. The first kappa shape index (κ1) is 17.5. The number of benzene rings is 1. The number of ketones is 1. The second-order valence-electron chi connectivity index (χ2n) is 6.93. The van der Waals surface area contributed by atoms with Crippen LogP contribution in [0.5, 0.6) is 0 Å². The Morgan fingerprint density at radius 2 is 1.87 bits per heavy atom. The molecule has 3 atom stereocenters. The van der Waals surface area contributed by atoms with Gasteiger partial charge in [-0.05, 0) is 36.2 Å². The molecule has 1 aliphatic rings. The van der Waals surface area contributed by atoms with E-state index in [1.165, 1.54) is 0 Å². The first-order valence-corrected chi connectivity index (χ1v) is 8.40. The Labute approximate surface area is 138 Å². The van der Waals surface area contributed by atoms with Gasteiger partial charge in [-0.25, -0.2) is 4.79 Å². The molecule has 1 aromatic carbocycles. The Bertz CT molecular complexity index is 571. The molecule has 1 saturated carbocycles. The van der Waals surface area contributed by atoms with E-state index in [9.17, 15) is 9.59 Å². The van der Waals surface area contributed by atoms with Gasteiger partial charge in [0.25, 0.3) is 5.78 Å². The third-order valence-corrected chi connectivity index (χ3v) is 4.81. The van der Waals surface area contributed by atoms with Crippen LogP contribution in [0.3, 0.4) is 0 Å². The summed E-state index contributed by atoms with van der Waals surface area (Å²) in [6.45, 7) is 10.1. The van der Waals surface area contributed by atoms with Crippen molar-refractivity contribution >= 4 is 17.8 Å². The summed E-state index contributed by atoms with van der Waals surface area (Å²) in [6, 6.07) is 6.83. The van der Waals surface area contributed by atoms with Gasteiger partial charge in [-0.3, -0.25) is 4.79 Å². The summed E-state index contributed by atoms with van der Waals surface area (Å²) in [6.07, 6.45) is 4.61. The zero-order valence-corrected chi connectivity index (χ0v) is 14.2. The number of carbonyl (C=O) groups excluding carboxylic acids is 2. The van der Waals surface area contributed by atoms with Crippen molar-refractivity contribution in [3.05, 3.63) is 42.0 Å². The van der Waals surface area contributed by atoms with Crippen LogP contribution in [-0.2, 0) is 9.53 Å². The van der Waals surface area contributed by atoms with Crippen LogP contribution < -0.4 is 0 Å². The van der Waals surface area contributed by atoms with Gasteiger partial charge in [0.05, 0.1) is 0 Å². The first-order valence-electron chi connectivity index (χ1n) is 8.40. The van der Waals surface area contributed by atoms with E-state index >= 15 is 0 Å². The van der Waals surface area contributed by atoms with Gasteiger partial charge in [0.1, 0.15) is 6.10 Å². The van der Waals surface area contributed by atoms with Gasteiger partial charge in [-0.15, -0.1) is 0 Å². The Kier molecular flexibility index (Phi) is 5.75. The summed E-state index contributed by atoms with van der Waals surface area (Å²) in [7, 11) is 0. The molecule has 0 saturated heterocycles. The first-order chi connectivity index (χ1) is 10.9. The van der Waals surface area contributed by atoms with Crippen molar-refractivity contribution in [1.29, 1.82) is 0 Å². The molecular weight excluding hydrogens is 288 g/mol. The van der Waals surface area contributed by atoms with E-state index in [1.807, 2.05) is 0 Å². The largest absolute Gasteiger partial charge is 0.456 e. The molecule has 124 valence electrons. The average molecular weight is 314 g/mol. The maximum atomic E-state index is 12.3. The summed E-state index contributed by atoms with van der Waals surface area (Å²) >= 11 is 0. The molecule has 3 heteroatoms. The lowest BCUT2D eigenvalue weighted by Crippen LogP contribution is -2.37. The van der Waals surface area contributed by atoms with E-state index in [0.29, 0.717) is 23.3 Å². The lowest BCUT2D eigenvalue weighted by atomic mass is 9.75. The number of hydrogen-bond donors (Lipinski definition) is 0. The van der Waals surface area contributed by atoms with Gasteiger partial charge >= 0.3 is 5.97 Å². The normalized spacial score (nSPS) is 24.3. The summed E-state index contributed by atoms with van der Waals surface area (Å²) in [4.78, 5) is 24.5. The zero-order chi connectivity index (χ0) is 17.0. The number of Topliss-reactive ketones (excluding diaryl/α,β-unsaturated/α-hetero) is 1. The van der Waals surface area contributed by atoms with Crippen molar-refractivity contribution in [2.45, 2.75) is 46.1 Å². The highest BCUT2D eigenvalue weighted by Crippen LogP contribution is 2.35. The molecule has 1 aliphatic carbocycles. The summed E-state index contributed by atoms with van der Waals surface area (Å²) in [5.41, 5.74) is 1.28. The third kappa shape index (κ3) is 4.31. The van der Waals surface area contributed by atoms with Crippen molar-refractivity contribution in [3.8, 4) is 0 Å². The molecule has 0 bridgehead atoms. The lowest BCUT2D eigenvalue weighted by Gasteiger charge is -2.36. The molecule has 0 aliphatic heterocycles. The Morgan fingerprint density at radius 3 is 2.43 bits per heavy atom. The Morgan fingerprint density at radius 1 is 1.22 bits per heavy atom. The van der Waals surface area contributed by atoms with E-state index in [2.05, 4.69) is 27.4 Å². The maximum Gasteiger partial charge on any atom is 0.379 e. The third-order valence-electron chi connectivity index (χ3n) is 4.81. The molecule has 0 aromatic heterocycles. The fourth-order valence-corrected chi connectivity index (χ4v) is 3.33. The number of carbonyl (C=O) groups is 2. The second-order valence-corrected chi connectivity index (χ2v) is 6.93. The molecule has 0 spiro atoms. The van der Waals surface area contributed by atoms with E-state index in [0.717, 1.165) is 24.8 Å². The van der Waals surface area contributed by atoms with Crippen molar-refractivity contribution < 1.29 is 14.3 Å². The van der Waals surface area contributed by atoms with Crippen LogP contribution in [0.25, 0.3) is 6.08 Å². The minimum atomic E-state index is -0.735. The van der Waals surface area contributed by atoms with Gasteiger partial charge in [0, 0.05) is 5.56 Å². The Hall–Kier alpha value is -1.90. The van der Waals surface area contributed by atoms with Crippen LogP contribution in [0, 0.1) is 17.8 Å². The highest BCUT2D eigenvalue weighted by Gasteiger charge is 2.34. The van der Waals surface area contributed by atoms with E-state index in [1.54, 1.807) is 30.3 Å². The zero-order valence-electron chi connectivity index (χ0n) is 14.2. The van der Waals surface area contributed by atoms with Crippen LogP contribution >= 0.6 is 0 Å². The highest BCUT2D eigenvalue weighted by atomic mass is 16.5. The quantitative estimate of drug-likeness (QED) is 0.456. The highest BCUT2D eigenvalue weighted by molar-refractivity contribution is 6.40. The van der Waals surface area contributed by atoms with Crippen LogP contribution in [0.2, 0.25) is 0 Å². The van der Waals surface area contributed by atoms with Crippen LogP contribution in [0.1, 0.15) is 56.0 Å². The van der Waals surface area contributed by atoms with Crippen molar-refractivity contribution in [3.63, 3.8) is 0 Å². The topological polar surface area (TPSA) is 43.4 Å². The minimum Gasteiger partial charge on any atom is -0.456 e. The van der Waals surface area contributed by atoms with E-state index in [4.69, 9.17) is 4.74 Å². The second kappa shape index (κ2) is 7.58. The molecule has 3 nitrogen and oxygen atoms in total. The van der Waals surface area contributed by atoms with E-state index in [-0.39, 0.29) is 6.10 Å². The molecule has 1 fully saturated rings. The number of ether oxygens (including phenoxy) is 1. The predicted molar refractivity (Wildman–Crippen MR) is 92.1 cm³/mol. The monoisotopic (exact) mass is 314 g/mol. The van der Waals surface area contributed by atoms with Gasteiger partial charge in [0.2, 0.25) is 0 Å². The molecule has 0 unspecified atom stereocenters.